The van der Waals surface area contributed by atoms with Crippen molar-refractivity contribution in [1.82, 2.24) is 0 Å². The Bertz CT molecular complexity index is 831. The fraction of sp³-hybridized carbons (Fsp3) is 0.935. The van der Waals surface area contributed by atoms with Crippen molar-refractivity contribution in [2.45, 2.75) is 117 Å². The van der Waals surface area contributed by atoms with E-state index < -0.39 is 5.60 Å². The van der Waals surface area contributed by atoms with Gasteiger partial charge >= 0.3 is 0 Å². The summed E-state index contributed by atoms with van der Waals surface area (Å²) >= 11 is 0. The van der Waals surface area contributed by atoms with Crippen LogP contribution < -0.4 is 0 Å². The first-order chi connectivity index (χ1) is 15.8. The number of aliphatic hydroxyl groups is 2. The summed E-state index contributed by atoms with van der Waals surface area (Å²) in [6, 6.07) is 0. The van der Waals surface area contributed by atoms with Crippen LogP contribution in [0.15, 0.2) is 12.2 Å². The average molecular weight is 473 g/mol. The van der Waals surface area contributed by atoms with Gasteiger partial charge in [0.2, 0.25) is 0 Å². The van der Waals surface area contributed by atoms with Gasteiger partial charge in [0, 0.05) is 7.11 Å². The van der Waals surface area contributed by atoms with E-state index in [2.05, 4.69) is 40.7 Å². The predicted octanol–water partition coefficient (Wildman–Crippen LogP) is 6.77. The molecule has 0 bridgehead atoms. The number of allylic oxidation sites excluding steroid dienone is 1. The van der Waals surface area contributed by atoms with E-state index in [0.29, 0.717) is 39.1 Å². The minimum absolute atomic E-state index is 0.217. The van der Waals surface area contributed by atoms with Crippen molar-refractivity contribution in [2.24, 2.45) is 50.7 Å². The highest BCUT2D eigenvalue weighted by atomic mass is 16.5. The summed E-state index contributed by atoms with van der Waals surface area (Å²) in [5, 5.41) is 19.5. The molecule has 34 heavy (non-hydrogen) atoms. The van der Waals surface area contributed by atoms with E-state index in [1.165, 1.54) is 57.8 Å². The van der Waals surface area contributed by atoms with Crippen molar-refractivity contribution in [3.8, 4) is 0 Å². The Hall–Kier alpha value is -0.380. The summed E-state index contributed by atoms with van der Waals surface area (Å²) in [6.45, 7) is 14.3. The zero-order valence-electron chi connectivity index (χ0n) is 23.1. The van der Waals surface area contributed by atoms with E-state index >= 15 is 0 Å². The van der Waals surface area contributed by atoms with E-state index in [4.69, 9.17) is 4.74 Å². The number of methoxy groups -OCH3 is 1. The molecule has 2 N–H and O–H groups in total. The molecule has 3 nitrogen and oxygen atoms in total. The van der Waals surface area contributed by atoms with E-state index in [1.807, 2.05) is 13.2 Å². The van der Waals surface area contributed by atoms with Gasteiger partial charge in [-0.3, -0.25) is 0 Å². The van der Waals surface area contributed by atoms with Crippen LogP contribution >= 0.6 is 0 Å². The minimum atomic E-state index is -1.10. The van der Waals surface area contributed by atoms with Crippen molar-refractivity contribution in [1.29, 1.82) is 0 Å². The second kappa shape index (κ2) is 7.81. The smallest absolute Gasteiger partial charge is 0.103 e. The SMILES string of the molecule is COC1CCC23CC24CCC2(C)C(C(C)CC=CC(C)(O)CO)CCC2(C)C4CCC3C1(C)C. The van der Waals surface area contributed by atoms with Crippen LogP contribution in [-0.2, 0) is 4.74 Å². The van der Waals surface area contributed by atoms with Gasteiger partial charge in [0.05, 0.1) is 12.7 Å². The Balaban J connectivity index is 1.37. The Morgan fingerprint density at radius 3 is 2.29 bits per heavy atom. The van der Waals surface area contributed by atoms with Gasteiger partial charge in [-0.25, -0.2) is 0 Å². The lowest BCUT2D eigenvalue weighted by Gasteiger charge is -2.63. The standard InChI is InChI=1S/C31H52O3/c1-21(9-8-14-27(4,33)20-32)22-12-15-29(6)24-11-10-23-26(2,3)25(34-7)13-16-30(23)19-31(24,30)18-17-28(22,29)5/h8,14,21-25,32-33H,9-13,15-20H2,1-7H3. The van der Waals surface area contributed by atoms with Crippen molar-refractivity contribution < 1.29 is 14.9 Å². The molecule has 5 aliphatic carbocycles. The highest BCUT2D eigenvalue weighted by molar-refractivity contribution is 5.30. The third kappa shape index (κ3) is 3.11. The van der Waals surface area contributed by atoms with Crippen LogP contribution in [0.3, 0.4) is 0 Å². The molecule has 0 aromatic rings. The van der Waals surface area contributed by atoms with Crippen LogP contribution in [0.2, 0.25) is 0 Å². The molecule has 0 amide bonds. The summed E-state index contributed by atoms with van der Waals surface area (Å²) in [4.78, 5) is 0. The zero-order chi connectivity index (χ0) is 24.8. The molecule has 5 aliphatic rings. The fourth-order valence-corrected chi connectivity index (χ4v) is 11.5. The third-order valence-electron chi connectivity index (χ3n) is 13.4. The van der Waals surface area contributed by atoms with Crippen molar-refractivity contribution in [3.05, 3.63) is 12.2 Å². The summed E-state index contributed by atoms with van der Waals surface area (Å²) in [6.07, 6.45) is 18.0. The average Bonchev–Trinajstić information content (AvgIpc) is 3.35. The number of fused-ring (bicyclic) bond motifs is 2. The Kier molecular flexibility index (Phi) is 5.81. The van der Waals surface area contributed by atoms with Gasteiger partial charge in [-0.15, -0.1) is 0 Å². The van der Waals surface area contributed by atoms with Crippen molar-refractivity contribution in [3.63, 3.8) is 0 Å². The molecule has 0 aliphatic heterocycles. The monoisotopic (exact) mass is 472 g/mol. The highest BCUT2D eigenvalue weighted by Crippen LogP contribution is 2.89. The predicted molar refractivity (Wildman–Crippen MR) is 138 cm³/mol. The van der Waals surface area contributed by atoms with Gasteiger partial charge in [0.15, 0.2) is 0 Å². The maximum Gasteiger partial charge on any atom is 0.103 e. The molecule has 5 fully saturated rings. The van der Waals surface area contributed by atoms with Crippen LogP contribution in [0.1, 0.15) is 106 Å². The van der Waals surface area contributed by atoms with E-state index in [9.17, 15) is 10.2 Å². The normalized spacial score (nSPS) is 51.7. The highest BCUT2D eigenvalue weighted by Gasteiger charge is 2.82. The molecule has 0 heterocycles. The molecule has 0 aromatic carbocycles. The largest absolute Gasteiger partial charge is 0.393 e. The van der Waals surface area contributed by atoms with Crippen LogP contribution in [0, 0.1) is 50.7 Å². The molecular formula is C31H52O3. The fourth-order valence-electron chi connectivity index (χ4n) is 11.5. The van der Waals surface area contributed by atoms with Crippen LogP contribution in [0.4, 0.5) is 0 Å². The maximum atomic E-state index is 10.2. The first-order valence-electron chi connectivity index (χ1n) is 14.4. The molecule has 10 unspecified atom stereocenters. The van der Waals surface area contributed by atoms with Crippen LogP contribution in [-0.4, -0.2) is 35.6 Å². The molecule has 3 heteroatoms. The lowest BCUT2D eigenvalue weighted by Crippen LogP contribution is -2.57. The summed E-state index contributed by atoms with van der Waals surface area (Å²) in [7, 11) is 1.94. The summed E-state index contributed by atoms with van der Waals surface area (Å²) in [5.74, 6) is 3.11. The second-order valence-electron chi connectivity index (χ2n) is 14.9. The van der Waals surface area contributed by atoms with E-state index in [0.717, 1.165) is 24.2 Å². The van der Waals surface area contributed by atoms with E-state index in [-0.39, 0.29) is 6.61 Å². The quantitative estimate of drug-likeness (QED) is 0.420. The molecule has 0 aromatic heterocycles. The van der Waals surface area contributed by atoms with Crippen molar-refractivity contribution in [2.75, 3.05) is 13.7 Å². The van der Waals surface area contributed by atoms with Gasteiger partial charge in [-0.2, -0.15) is 0 Å². The number of ether oxygens (including phenoxy) is 1. The first-order valence-corrected chi connectivity index (χ1v) is 14.4. The third-order valence-corrected chi connectivity index (χ3v) is 13.4. The molecule has 2 spiro atoms. The molecular weight excluding hydrogens is 420 g/mol. The van der Waals surface area contributed by atoms with Gasteiger partial charge < -0.3 is 14.9 Å². The van der Waals surface area contributed by atoms with Gasteiger partial charge in [-0.05, 0) is 122 Å². The lowest BCUT2D eigenvalue weighted by molar-refractivity contribution is -0.166. The van der Waals surface area contributed by atoms with Gasteiger partial charge in [0.25, 0.3) is 0 Å². The van der Waals surface area contributed by atoms with E-state index in [1.54, 1.807) is 6.92 Å². The van der Waals surface area contributed by atoms with Crippen molar-refractivity contribution >= 4 is 0 Å². The maximum absolute atomic E-state index is 10.2. The van der Waals surface area contributed by atoms with Crippen LogP contribution in [0.5, 0.6) is 0 Å². The molecule has 5 rings (SSSR count). The number of rotatable bonds is 6. The number of hydrogen-bond acceptors (Lipinski definition) is 3. The number of aliphatic hydroxyl groups excluding tert-OH is 1. The molecule has 194 valence electrons. The molecule has 5 saturated carbocycles. The lowest BCUT2D eigenvalue weighted by atomic mass is 9.41. The summed E-state index contributed by atoms with van der Waals surface area (Å²) < 4.78 is 6.02. The second-order valence-corrected chi connectivity index (χ2v) is 14.9. The Morgan fingerprint density at radius 2 is 1.62 bits per heavy atom. The number of hydrogen-bond donors (Lipinski definition) is 2. The topological polar surface area (TPSA) is 49.7 Å². The summed E-state index contributed by atoms with van der Waals surface area (Å²) in [5.41, 5.74) is 1.30. The van der Waals surface area contributed by atoms with Crippen LogP contribution in [0.25, 0.3) is 0 Å². The molecule has 0 saturated heterocycles. The van der Waals surface area contributed by atoms with Gasteiger partial charge in [0.1, 0.15) is 5.60 Å². The minimum Gasteiger partial charge on any atom is -0.393 e. The molecule has 10 atom stereocenters. The molecule has 0 radical (unpaired) electrons. The van der Waals surface area contributed by atoms with Gasteiger partial charge in [-0.1, -0.05) is 46.8 Å². The Morgan fingerprint density at radius 1 is 0.941 bits per heavy atom. The Labute approximate surface area is 209 Å². The first kappa shape index (κ1) is 25.3. The zero-order valence-corrected chi connectivity index (χ0v) is 23.1.